The van der Waals surface area contributed by atoms with Gasteiger partial charge in [-0.3, -0.25) is 14.3 Å². The Hall–Kier alpha value is -4.94. The first-order chi connectivity index (χ1) is 22.3. The second-order valence-corrected chi connectivity index (χ2v) is 12.2. The van der Waals surface area contributed by atoms with Crippen LogP contribution in [0.25, 0.3) is 43.9 Å². The van der Waals surface area contributed by atoms with Gasteiger partial charge in [0.15, 0.2) is 0 Å². The highest BCUT2D eigenvalue weighted by Gasteiger charge is 2.31. The van der Waals surface area contributed by atoms with Gasteiger partial charge in [-0.2, -0.15) is 5.10 Å². The van der Waals surface area contributed by atoms with E-state index in [9.17, 15) is 14.0 Å². The van der Waals surface area contributed by atoms with Crippen molar-refractivity contribution in [3.05, 3.63) is 89.0 Å². The average molecular weight is 642 g/mol. The third-order valence-electron chi connectivity index (χ3n) is 8.28. The summed E-state index contributed by atoms with van der Waals surface area (Å²) >= 11 is 1.40. The summed E-state index contributed by atoms with van der Waals surface area (Å²) < 4.78 is 44.2. The number of hydrogen-bond donors (Lipinski definition) is 1. The number of methoxy groups -OCH3 is 1. The molecule has 0 saturated carbocycles. The van der Waals surface area contributed by atoms with Crippen molar-refractivity contribution in [2.24, 2.45) is 0 Å². The van der Waals surface area contributed by atoms with Crippen LogP contribution in [0.2, 0.25) is 0 Å². The van der Waals surface area contributed by atoms with E-state index in [0.29, 0.717) is 52.5 Å². The summed E-state index contributed by atoms with van der Waals surface area (Å²) in [5.74, 6) is -1.87. The van der Waals surface area contributed by atoms with Crippen molar-refractivity contribution in [1.29, 1.82) is 0 Å². The molecule has 0 saturated heterocycles. The summed E-state index contributed by atoms with van der Waals surface area (Å²) in [4.78, 5) is 31.6. The lowest BCUT2D eigenvalue weighted by molar-refractivity contribution is -0.127. The maximum atomic E-state index is 16.0. The standard InChI is InChI=1S/C34H29F2N5O4S/c1-4-28(42)40-16-18(2)41-22(17-40)14-26(39-41)32-30(29-25(36)12-21(35)13-27(29)45-9-8-44-3)33-24(7-10-46-33)31(38-32)19-5-6-23-20(11-19)15-37-34(23)43/h4-7,10-14,18H,1,8-9,15-17H2,2-3H3,(H,37,43). The van der Waals surface area contributed by atoms with E-state index in [1.165, 1.54) is 24.5 Å². The third kappa shape index (κ3) is 5.03. The van der Waals surface area contributed by atoms with Gasteiger partial charge in [-0.05, 0) is 48.2 Å². The van der Waals surface area contributed by atoms with Gasteiger partial charge < -0.3 is 19.7 Å². The van der Waals surface area contributed by atoms with Crippen molar-refractivity contribution >= 4 is 33.2 Å². The molecular weight excluding hydrogens is 612 g/mol. The molecule has 5 aromatic rings. The second-order valence-electron chi connectivity index (χ2n) is 11.2. The molecule has 1 unspecified atom stereocenters. The largest absolute Gasteiger partial charge is 0.490 e. The zero-order valence-electron chi connectivity index (χ0n) is 25.1. The fourth-order valence-electron chi connectivity index (χ4n) is 6.18. The van der Waals surface area contributed by atoms with E-state index in [-0.39, 0.29) is 42.4 Å². The van der Waals surface area contributed by atoms with Crippen molar-refractivity contribution in [2.75, 3.05) is 26.9 Å². The first-order valence-electron chi connectivity index (χ1n) is 14.7. The molecule has 2 amide bonds. The first kappa shape index (κ1) is 29.8. The SMILES string of the molecule is C=CC(=O)N1Cc2cc(-c3nc(-c4ccc5c(c4)CNC5=O)c4ccsc4c3-c3c(F)cc(F)cc3OCCOC)nn2C(C)C1. The van der Waals surface area contributed by atoms with Crippen molar-refractivity contribution in [3.8, 4) is 39.5 Å². The number of ether oxygens (including phenoxy) is 2. The number of fused-ring (bicyclic) bond motifs is 3. The zero-order chi connectivity index (χ0) is 32.1. The monoisotopic (exact) mass is 641 g/mol. The van der Waals surface area contributed by atoms with E-state index in [2.05, 4.69) is 11.9 Å². The molecule has 0 fully saturated rings. The number of nitrogens with one attached hydrogen (secondary N) is 1. The number of thiophene rings is 1. The summed E-state index contributed by atoms with van der Waals surface area (Å²) in [6.07, 6.45) is 1.29. The Balaban J connectivity index is 1.49. The van der Waals surface area contributed by atoms with Crippen LogP contribution in [0.1, 0.15) is 34.6 Å². The predicted octanol–water partition coefficient (Wildman–Crippen LogP) is 6.13. The van der Waals surface area contributed by atoms with Crippen molar-refractivity contribution in [1.82, 2.24) is 25.0 Å². The van der Waals surface area contributed by atoms with Crippen LogP contribution in [0, 0.1) is 11.6 Å². The molecular formula is C34H29F2N5O4S. The van der Waals surface area contributed by atoms with E-state index in [4.69, 9.17) is 19.6 Å². The predicted molar refractivity (Wildman–Crippen MR) is 170 cm³/mol. The number of amides is 2. The molecule has 12 heteroatoms. The first-order valence-corrected chi connectivity index (χ1v) is 15.6. The van der Waals surface area contributed by atoms with E-state index < -0.39 is 11.6 Å². The summed E-state index contributed by atoms with van der Waals surface area (Å²) in [6, 6.07) is 11.2. The number of carbonyl (C=O) groups excluding carboxylic acids is 2. The van der Waals surface area contributed by atoms with Gasteiger partial charge in [0.2, 0.25) is 5.91 Å². The Morgan fingerprint density at radius 2 is 2.00 bits per heavy atom. The highest BCUT2D eigenvalue weighted by molar-refractivity contribution is 7.18. The molecule has 1 N–H and O–H groups in total. The molecule has 2 aliphatic heterocycles. The van der Waals surface area contributed by atoms with Gasteiger partial charge in [-0.25, -0.2) is 13.8 Å². The molecule has 5 heterocycles. The molecule has 9 nitrogen and oxygen atoms in total. The van der Waals surface area contributed by atoms with Gasteiger partial charge in [-0.15, -0.1) is 11.3 Å². The van der Waals surface area contributed by atoms with Crippen LogP contribution in [-0.4, -0.2) is 58.3 Å². The highest BCUT2D eigenvalue weighted by Crippen LogP contribution is 2.47. The molecule has 46 heavy (non-hydrogen) atoms. The summed E-state index contributed by atoms with van der Waals surface area (Å²) in [5, 5.41) is 10.4. The molecule has 0 bridgehead atoms. The Labute approximate surface area is 267 Å². The van der Waals surface area contributed by atoms with Gasteiger partial charge in [-0.1, -0.05) is 12.6 Å². The van der Waals surface area contributed by atoms with Crippen molar-refractivity contribution in [2.45, 2.75) is 26.1 Å². The van der Waals surface area contributed by atoms with Gasteiger partial charge in [0.1, 0.15) is 35.4 Å². The molecule has 7 rings (SSSR count). The van der Waals surface area contributed by atoms with Crippen LogP contribution < -0.4 is 10.1 Å². The minimum absolute atomic E-state index is 0.0160. The van der Waals surface area contributed by atoms with Crippen molar-refractivity contribution in [3.63, 3.8) is 0 Å². The fourth-order valence-corrected chi connectivity index (χ4v) is 7.13. The van der Waals surface area contributed by atoms with Gasteiger partial charge >= 0.3 is 0 Å². The quantitative estimate of drug-likeness (QED) is 0.162. The van der Waals surface area contributed by atoms with Gasteiger partial charge in [0.25, 0.3) is 5.91 Å². The third-order valence-corrected chi connectivity index (χ3v) is 9.21. The molecule has 2 aliphatic rings. The lowest BCUT2D eigenvalue weighted by Gasteiger charge is -2.31. The fraction of sp³-hybridized carbons (Fsp3) is 0.235. The summed E-state index contributed by atoms with van der Waals surface area (Å²) in [6.45, 7) is 7.05. The maximum Gasteiger partial charge on any atom is 0.251 e. The lowest BCUT2D eigenvalue weighted by Crippen LogP contribution is -2.39. The van der Waals surface area contributed by atoms with E-state index in [0.717, 1.165) is 34.3 Å². The molecule has 234 valence electrons. The number of halogens is 2. The summed E-state index contributed by atoms with van der Waals surface area (Å²) in [5.41, 5.74) is 4.97. The number of carbonyl (C=O) groups is 2. The van der Waals surface area contributed by atoms with E-state index in [1.54, 1.807) is 11.0 Å². The van der Waals surface area contributed by atoms with Crippen LogP contribution in [0.3, 0.4) is 0 Å². The topological polar surface area (TPSA) is 98.6 Å². The number of pyridine rings is 1. The number of rotatable bonds is 8. The molecule has 0 spiro atoms. The smallest absolute Gasteiger partial charge is 0.251 e. The molecule has 0 aliphatic carbocycles. The lowest BCUT2D eigenvalue weighted by atomic mass is 9.95. The van der Waals surface area contributed by atoms with Crippen molar-refractivity contribution < 1.29 is 27.8 Å². The number of nitrogens with zero attached hydrogens (tertiary/aromatic N) is 4. The Bertz CT molecular complexity index is 2060. The molecule has 2 aromatic carbocycles. The summed E-state index contributed by atoms with van der Waals surface area (Å²) in [7, 11) is 1.52. The number of benzene rings is 2. The maximum absolute atomic E-state index is 16.0. The van der Waals surface area contributed by atoms with Crippen LogP contribution in [0.15, 0.2) is 60.5 Å². The number of aromatic nitrogens is 3. The highest BCUT2D eigenvalue weighted by atomic mass is 32.1. The zero-order valence-corrected chi connectivity index (χ0v) is 25.9. The van der Waals surface area contributed by atoms with E-state index >= 15 is 4.39 Å². The molecule has 3 aromatic heterocycles. The Morgan fingerprint density at radius 3 is 2.80 bits per heavy atom. The normalized spacial score (nSPS) is 15.5. The molecule has 0 radical (unpaired) electrons. The van der Waals surface area contributed by atoms with Crippen LogP contribution in [0.4, 0.5) is 8.78 Å². The van der Waals surface area contributed by atoms with Crippen LogP contribution in [0.5, 0.6) is 5.75 Å². The minimum Gasteiger partial charge on any atom is -0.490 e. The average Bonchev–Trinajstić information content (AvgIpc) is 3.79. The van der Waals surface area contributed by atoms with Gasteiger partial charge in [0, 0.05) is 59.1 Å². The Morgan fingerprint density at radius 1 is 1.15 bits per heavy atom. The Kier molecular flexibility index (Phi) is 7.61. The van der Waals surface area contributed by atoms with Crippen LogP contribution >= 0.6 is 11.3 Å². The second kappa shape index (κ2) is 11.8. The van der Waals surface area contributed by atoms with Crippen LogP contribution in [-0.2, 0) is 22.6 Å². The number of hydrogen-bond acceptors (Lipinski definition) is 7. The van der Waals surface area contributed by atoms with Gasteiger partial charge in [0.05, 0.1) is 36.1 Å². The molecule has 1 atom stereocenters. The van der Waals surface area contributed by atoms with E-state index in [1.807, 2.05) is 41.3 Å². The minimum atomic E-state index is -0.805.